The van der Waals surface area contributed by atoms with Gasteiger partial charge in [-0.05, 0) is 45.0 Å². The fourth-order valence-corrected chi connectivity index (χ4v) is 5.27. The SMILES string of the molecule is CC.CC(C)(C)OC(=O)N1CCc2nc(Nc3cc(Sc4ccccc4)cc(Cl)n3)sc2C1. The van der Waals surface area contributed by atoms with E-state index in [2.05, 4.69) is 22.4 Å². The number of nitrogens with one attached hydrogen (secondary N) is 1. The van der Waals surface area contributed by atoms with Gasteiger partial charge in [0.15, 0.2) is 5.13 Å². The summed E-state index contributed by atoms with van der Waals surface area (Å²) in [5.41, 5.74) is 0.499. The van der Waals surface area contributed by atoms with E-state index in [0.717, 1.165) is 25.5 Å². The van der Waals surface area contributed by atoms with Crippen molar-refractivity contribution in [1.29, 1.82) is 0 Å². The number of amides is 1. The van der Waals surface area contributed by atoms with Gasteiger partial charge in [0.05, 0.1) is 12.2 Å². The number of nitrogens with zero attached hydrogens (tertiary/aromatic N) is 3. The van der Waals surface area contributed by atoms with Gasteiger partial charge in [-0.15, -0.1) is 0 Å². The molecule has 0 unspecified atom stereocenters. The minimum atomic E-state index is -0.508. The first kappa shape index (κ1) is 25.3. The second-order valence-electron chi connectivity index (χ2n) is 8.09. The molecule has 1 aromatic carbocycles. The van der Waals surface area contributed by atoms with Gasteiger partial charge in [-0.25, -0.2) is 14.8 Å². The van der Waals surface area contributed by atoms with E-state index in [1.807, 2.05) is 65.0 Å². The Balaban J connectivity index is 0.00000149. The Morgan fingerprint density at radius 1 is 1.15 bits per heavy atom. The Hall–Kier alpha value is -2.29. The molecule has 3 aromatic rings. The first-order valence-corrected chi connectivity index (χ1v) is 12.9. The second-order valence-corrected chi connectivity index (χ2v) is 10.7. The lowest BCUT2D eigenvalue weighted by Gasteiger charge is -2.29. The summed E-state index contributed by atoms with van der Waals surface area (Å²) in [5, 5.41) is 4.43. The third-order valence-electron chi connectivity index (χ3n) is 4.36. The topological polar surface area (TPSA) is 67.3 Å². The van der Waals surface area contributed by atoms with Crippen LogP contribution in [0.5, 0.6) is 0 Å². The molecule has 33 heavy (non-hydrogen) atoms. The molecule has 0 bridgehead atoms. The molecule has 4 rings (SSSR count). The number of hydrogen-bond donors (Lipinski definition) is 1. The lowest BCUT2D eigenvalue weighted by molar-refractivity contribution is 0.0225. The van der Waals surface area contributed by atoms with E-state index in [9.17, 15) is 4.79 Å². The second kappa shape index (κ2) is 11.2. The first-order valence-electron chi connectivity index (χ1n) is 10.9. The maximum atomic E-state index is 12.4. The number of benzene rings is 1. The maximum Gasteiger partial charge on any atom is 0.410 e. The summed E-state index contributed by atoms with van der Waals surface area (Å²) in [4.78, 5) is 26.4. The minimum Gasteiger partial charge on any atom is -0.444 e. The summed E-state index contributed by atoms with van der Waals surface area (Å²) < 4.78 is 5.50. The van der Waals surface area contributed by atoms with Crippen molar-refractivity contribution in [3.63, 3.8) is 0 Å². The van der Waals surface area contributed by atoms with E-state index in [0.29, 0.717) is 30.5 Å². The van der Waals surface area contributed by atoms with Gasteiger partial charge in [-0.1, -0.05) is 66.7 Å². The van der Waals surface area contributed by atoms with E-state index < -0.39 is 5.60 Å². The van der Waals surface area contributed by atoms with E-state index in [4.69, 9.17) is 21.3 Å². The molecule has 1 aliphatic rings. The van der Waals surface area contributed by atoms with Crippen molar-refractivity contribution in [2.45, 2.75) is 63.0 Å². The van der Waals surface area contributed by atoms with Crippen molar-refractivity contribution in [2.75, 3.05) is 11.9 Å². The van der Waals surface area contributed by atoms with Crippen LogP contribution in [0.1, 0.15) is 45.2 Å². The molecule has 0 atom stereocenters. The largest absolute Gasteiger partial charge is 0.444 e. The quantitative estimate of drug-likeness (QED) is 0.373. The van der Waals surface area contributed by atoms with Crippen LogP contribution in [0.25, 0.3) is 0 Å². The number of aromatic nitrogens is 2. The van der Waals surface area contributed by atoms with Crippen molar-refractivity contribution < 1.29 is 9.53 Å². The highest BCUT2D eigenvalue weighted by Gasteiger charge is 2.28. The predicted octanol–water partition coefficient (Wildman–Crippen LogP) is 7.41. The van der Waals surface area contributed by atoms with Crippen LogP contribution in [0.15, 0.2) is 52.3 Å². The normalized spacial score (nSPS) is 13.0. The maximum absolute atomic E-state index is 12.4. The zero-order chi connectivity index (χ0) is 24.0. The lowest BCUT2D eigenvalue weighted by atomic mass is 10.2. The average Bonchev–Trinajstić information content (AvgIpc) is 3.15. The molecule has 6 nitrogen and oxygen atoms in total. The smallest absolute Gasteiger partial charge is 0.410 e. The fraction of sp³-hybridized carbons (Fsp3) is 0.375. The zero-order valence-corrected chi connectivity index (χ0v) is 21.9. The van der Waals surface area contributed by atoms with Gasteiger partial charge in [-0.2, -0.15) is 0 Å². The molecule has 3 heterocycles. The van der Waals surface area contributed by atoms with Gasteiger partial charge in [0.1, 0.15) is 16.6 Å². The minimum absolute atomic E-state index is 0.292. The highest BCUT2D eigenvalue weighted by Crippen LogP contribution is 2.34. The number of pyridine rings is 1. The number of ether oxygens (including phenoxy) is 1. The van der Waals surface area contributed by atoms with Crippen molar-refractivity contribution in [2.24, 2.45) is 0 Å². The molecule has 0 fully saturated rings. The highest BCUT2D eigenvalue weighted by molar-refractivity contribution is 7.99. The monoisotopic (exact) mass is 504 g/mol. The molecule has 2 aromatic heterocycles. The Bertz CT molecular complexity index is 1080. The summed E-state index contributed by atoms with van der Waals surface area (Å²) in [7, 11) is 0. The molecule has 0 aliphatic carbocycles. The van der Waals surface area contributed by atoms with Gasteiger partial charge in [0.2, 0.25) is 0 Å². The highest BCUT2D eigenvalue weighted by atomic mass is 35.5. The Labute approximate surface area is 208 Å². The number of thiazole rings is 1. The summed E-state index contributed by atoms with van der Waals surface area (Å²) in [6.07, 6.45) is 0.408. The summed E-state index contributed by atoms with van der Waals surface area (Å²) in [6, 6.07) is 13.9. The molecule has 1 aliphatic heterocycles. The number of fused-ring (bicyclic) bond motifs is 1. The molecule has 1 N–H and O–H groups in total. The third-order valence-corrected chi connectivity index (χ3v) is 6.54. The summed E-state index contributed by atoms with van der Waals surface area (Å²) in [5.74, 6) is 0.640. The van der Waals surface area contributed by atoms with Crippen molar-refractivity contribution in [3.05, 3.63) is 58.2 Å². The Morgan fingerprint density at radius 3 is 2.58 bits per heavy atom. The van der Waals surface area contributed by atoms with Crippen LogP contribution < -0.4 is 5.32 Å². The molecule has 0 saturated carbocycles. The van der Waals surface area contributed by atoms with Crippen LogP contribution >= 0.6 is 34.7 Å². The molecule has 1 amide bonds. The molecule has 0 saturated heterocycles. The summed E-state index contributed by atoms with van der Waals surface area (Å²) in [6.45, 7) is 10.7. The Morgan fingerprint density at radius 2 is 1.88 bits per heavy atom. The van der Waals surface area contributed by atoms with E-state index in [-0.39, 0.29) is 6.09 Å². The number of halogens is 1. The van der Waals surface area contributed by atoms with Crippen LogP contribution in [0.2, 0.25) is 5.15 Å². The number of anilines is 2. The third kappa shape index (κ3) is 7.35. The Kier molecular flexibility index (Phi) is 8.62. The van der Waals surface area contributed by atoms with Crippen LogP contribution in [-0.4, -0.2) is 33.1 Å². The van der Waals surface area contributed by atoms with E-state index in [1.165, 1.54) is 11.3 Å². The van der Waals surface area contributed by atoms with E-state index in [1.54, 1.807) is 16.7 Å². The van der Waals surface area contributed by atoms with Crippen LogP contribution in [0.4, 0.5) is 15.7 Å². The molecular formula is C24H29ClN4O2S2. The molecular weight excluding hydrogens is 476 g/mol. The van der Waals surface area contributed by atoms with Crippen LogP contribution in [0.3, 0.4) is 0 Å². The van der Waals surface area contributed by atoms with Crippen LogP contribution in [0, 0.1) is 0 Å². The number of hydrogen-bond acceptors (Lipinski definition) is 7. The zero-order valence-electron chi connectivity index (χ0n) is 19.5. The van der Waals surface area contributed by atoms with Gasteiger partial charge >= 0.3 is 6.09 Å². The molecule has 0 radical (unpaired) electrons. The van der Waals surface area contributed by atoms with Crippen molar-refractivity contribution >= 4 is 51.7 Å². The molecule has 9 heteroatoms. The number of rotatable bonds is 4. The molecule has 0 spiro atoms. The van der Waals surface area contributed by atoms with Crippen molar-refractivity contribution in [3.8, 4) is 0 Å². The predicted molar refractivity (Wildman–Crippen MR) is 137 cm³/mol. The van der Waals surface area contributed by atoms with Crippen LogP contribution in [-0.2, 0) is 17.7 Å². The van der Waals surface area contributed by atoms with Gasteiger partial charge in [-0.3, -0.25) is 0 Å². The molecule has 176 valence electrons. The number of carbonyl (C=O) groups is 1. The van der Waals surface area contributed by atoms with Gasteiger partial charge in [0.25, 0.3) is 0 Å². The number of carbonyl (C=O) groups excluding carboxylic acids is 1. The standard InChI is InChI=1S/C22H23ClN4O2S2.C2H6/c1-22(2,3)29-21(28)27-10-9-16-17(13-27)31-20(24-16)26-19-12-15(11-18(23)25-19)30-14-7-5-4-6-8-14;1-2/h4-8,11-12H,9-10,13H2,1-3H3,(H,24,25,26);1-2H3. The van der Waals surface area contributed by atoms with Crippen molar-refractivity contribution in [1.82, 2.24) is 14.9 Å². The summed E-state index contributed by atoms with van der Waals surface area (Å²) >= 11 is 9.40. The lowest BCUT2D eigenvalue weighted by Crippen LogP contribution is -2.39. The average molecular weight is 505 g/mol. The van der Waals surface area contributed by atoms with Gasteiger partial charge in [0, 0.05) is 27.6 Å². The van der Waals surface area contributed by atoms with E-state index >= 15 is 0 Å². The first-order chi connectivity index (χ1) is 15.7. The fourth-order valence-electron chi connectivity index (χ4n) is 3.06. The van der Waals surface area contributed by atoms with Gasteiger partial charge < -0.3 is 15.0 Å².